The second-order valence-electron chi connectivity index (χ2n) is 4.88. The molecule has 1 aliphatic heterocycles. The number of rotatable bonds is 3. The van der Waals surface area contributed by atoms with E-state index >= 15 is 0 Å². The first-order valence-electron chi connectivity index (χ1n) is 6.23. The number of aromatic nitrogens is 1. The van der Waals surface area contributed by atoms with Gasteiger partial charge < -0.3 is 14.6 Å². The van der Waals surface area contributed by atoms with Gasteiger partial charge in [-0.2, -0.15) is 0 Å². The Morgan fingerprint density at radius 1 is 1.50 bits per heavy atom. The molecule has 20 heavy (non-hydrogen) atoms. The molecule has 2 heterocycles. The number of nitrogens with zero attached hydrogens (tertiary/aromatic N) is 3. The van der Waals surface area contributed by atoms with E-state index in [1.807, 2.05) is 0 Å². The van der Waals surface area contributed by atoms with Crippen LogP contribution in [0.4, 0.5) is 5.69 Å². The van der Waals surface area contributed by atoms with Gasteiger partial charge >= 0.3 is 5.97 Å². The minimum Gasteiger partial charge on any atom is -0.481 e. The van der Waals surface area contributed by atoms with Crippen molar-refractivity contribution in [3.05, 3.63) is 28.1 Å². The van der Waals surface area contributed by atoms with Crippen LogP contribution in [0, 0.1) is 16.0 Å². The Hall–Kier alpha value is -2.38. The van der Waals surface area contributed by atoms with Crippen molar-refractivity contribution in [2.24, 2.45) is 13.0 Å². The highest BCUT2D eigenvalue weighted by Gasteiger charge is 2.30. The van der Waals surface area contributed by atoms with Crippen LogP contribution < -0.4 is 0 Å². The van der Waals surface area contributed by atoms with Gasteiger partial charge in [0.2, 0.25) is 0 Å². The molecule has 1 aromatic rings. The molecule has 108 valence electrons. The van der Waals surface area contributed by atoms with E-state index in [1.54, 1.807) is 7.05 Å². The van der Waals surface area contributed by atoms with Gasteiger partial charge in [0.1, 0.15) is 5.69 Å². The zero-order valence-electron chi connectivity index (χ0n) is 11.0. The van der Waals surface area contributed by atoms with Crippen LogP contribution in [0.2, 0.25) is 0 Å². The van der Waals surface area contributed by atoms with Gasteiger partial charge in [0.15, 0.2) is 0 Å². The number of carbonyl (C=O) groups excluding carboxylic acids is 1. The molecule has 1 N–H and O–H groups in total. The highest BCUT2D eigenvalue weighted by molar-refractivity contribution is 5.94. The quantitative estimate of drug-likeness (QED) is 0.653. The van der Waals surface area contributed by atoms with E-state index < -0.39 is 16.8 Å². The van der Waals surface area contributed by atoms with Gasteiger partial charge in [-0.25, -0.2) is 0 Å². The van der Waals surface area contributed by atoms with Crippen LogP contribution in [0.3, 0.4) is 0 Å². The predicted molar refractivity (Wildman–Crippen MR) is 68.3 cm³/mol. The van der Waals surface area contributed by atoms with Gasteiger partial charge in [-0.1, -0.05) is 0 Å². The standard InChI is InChI=1S/C12H15N3O5/c1-13-7-9(15(19)20)5-10(13)11(16)14-4-2-3-8(6-14)12(17)18/h5,7-8H,2-4,6H2,1H3,(H,17,18)/t8-/m1/s1. The summed E-state index contributed by atoms with van der Waals surface area (Å²) in [6, 6.07) is 1.21. The zero-order chi connectivity index (χ0) is 14.9. The molecular formula is C12H15N3O5. The first-order chi connectivity index (χ1) is 9.40. The lowest BCUT2D eigenvalue weighted by atomic mass is 9.98. The topological polar surface area (TPSA) is 106 Å². The summed E-state index contributed by atoms with van der Waals surface area (Å²) in [5.41, 5.74) is 0.0467. The Morgan fingerprint density at radius 3 is 2.75 bits per heavy atom. The third-order valence-electron chi connectivity index (χ3n) is 3.48. The highest BCUT2D eigenvalue weighted by atomic mass is 16.6. The maximum Gasteiger partial charge on any atom is 0.308 e. The van der Waals surface area contributed by atoms with Gasteiger partial charge in [-0.05, 0) is 12.8 Å². The van der Waals surface area contributed by atoms with E-state index in [-0.39, 0.29) is 23.8 Å². The van der Waals surface area contributed by atoms with E-state index in [2.05, 4.69) is 0 Å². The molecule has 1 amide bonds. The second kappa shape index (κ2) is 5.32. The van der Waals surface area contributed by atoms with Gasteiger partial charge in [-0.15, -0.1) is 0 Å². The van der Waals surface area contributed by atoms with Crippen molar-refractivity contribution in [3.63, 3.8) is 0 Å². The summed E-state index contributed by atoms with van der Waals surface area (Å²) >= 11 is 0. The molecule has 8 nitrogen and oxygen atoms in total. The Kier molecular flexibility index (Phi) is 3.73. The second-order valence-corrected chi connectivity index (χ2v) is 4.88. The van der Waals surface area contributed by atoms with Gasteiger partial charge in [0.05, 0.1) is 17.0 Å². The molecule has 0 saturated carbocycles. The normalized spacial score (nSPS) is 18.9. The molecule has 0 spiro atoms. The summed E-state index contributed by atoms with van der Waals surface area (Å²) in [4.78, 5) is 34.9. The van der Waals surface area contributed by atoms with Gasteiger partial charge in [0, 0.05) is 26.2 Å². The number of nitro groups is 1. The number of carboxylic acids is 1. The molecule has 1 aliphatic rings. The molecule has 8 heteroatoms. The third-order valence-corrected chi connectivity index (χ3v) is 3.48. The number of amides is 1. The molecule has 0 unspecified atom stereocenters. The van der Waals surface area contributed by atoms with E-state index in [0.29, 0.717) is 19.4 Å². The smallest absolute Gasteiger partial charge is 0.308 e. The number of piperidine rings is 1. The van der Waals surface area contributed by atoms with Crippen LogP contribution >= 0.6 is 0 Å². The minimum atomic E-state index is -0.916. The van der Waals surface area contributed by atoms with Crippen LogP contribution in [-0.4, -0.2) is 44.5 Å². The third kappa shape index (κ3) is 2.63. The summed E-state index contributed by atoms with van der Waals surface area (Å²) in [5.74, 6) is -1.85. The molecule has 0 bridgehead atoms. The number of likely N-dealkylation sites (tertiary alicyclic amines) is 1. The van der Waals surface area contributed by atoms with Gasteiger partial charge in [-0.3, -0.25) is 19.7 Å². The fraction of sp³-hybridized carbons (Fsp3) is 0.500. The number of hydrogen-bond donors (Lipinski definition) is 1. The van der Waals surface area contributed by atoms with E-state index in [1.165, 1.54) is 21.7 Å². The molecule has 2 rings (SSSR count). The van der Waals surface area contributed by atoms with Crippen molar-refractivity contribution in [2.75, 3.05) is 13.1 Å². The first-order valence-corrected chi connectivity index (χ1v) is 6.23. The SMILES string of the molecule is Cn1cc([N+](=O)[O-])cc1C(=O)N1CCC[C@@H](C(=O)O)C1. The lowest BCUT2D eigenvalue weighted by Crippen LogP contribution is -2.42. The molecule has 1 fully saturated rings. The number of hydrogen-bond acceptors (Lipinski definition) is 4. The lowest BCUT2D eigenvalue weighted by Gasteiger charge is -2.30. The summed E-state index contributed by atoms with van der Waals surface area (Å²) in [5, 5.41) is 19.7. The van der Waals surface area contributed by atoms with Crippen molar-refractivity contribution in [2.45, 2.75) is 12.8 Å². The summed E-state index contributed by atoms with van der Waals surface area (Å²) < 4.78 is 1.39. The zero-order valence-corrected chi connectivity index (χ0v) is 11.0. The molecule has 1 aromatic heterocycles. The Labute approximate surface area is 114 Å². The van der Waals surface area contributed by atoms with E-state index in [9.17, 15) is 19.7 Å². The molecule has 1 atom stereocenters. The van der Waals surface area contributed by atoms with Crippen molar-refractivity contribution in [1.29, 1.82) is 0 Å². The Morgan fingerprint density at radius 2 is 2.20 bits per heavy atom. The number of carbonyl (C=O) groups is 2. The fourth-order valence-electron chi connectivity index (χ4n) is 2.38. The number of aliphatic carboxylic acids is 1. The summed E-state index contributed by atoms with van der Waals surface area (Å²) in [6.45, 7) is 0.620. The fourth-order valence-corrected chi connectivity index (χ4v) is 2.38. The minimum absolute atomic E-state index is 0.146. The van der Waals surface area contributed by atoms with Gasteiger partial charge in [0.25, 0.3) is 11.6 Å². The lowest BCUT2D eigenvalue weighted by molar-refractivity contribution is -0.384. The predicted octanol–water partition coefficient (Wildman–Crippen LogP) is 0.870. The largest absolute Gasteiger partial charge is 0.481 e. The van der Waals surface area contributed by atoms with Crippen LogP contribution in [0.25, 0.3) is 0 Å². The average molecular weight is 281 g/mol. The van der Waals surface area contributed by atoms with Crippen LogP contribution in [0.1, 0.15) is 23.3 Å². The highest BCUT2D eigenvalue weighted by Crippen LogP contribution is 2.21. The average Bonchev–Trinajstić information content (AvgIpc) is 2.80. The van der Waals surface area contributed by atoms with Crippen LogP contribution in [0.15, 0.2) is 12.3 Å². The van der Waals surface area contributed by atoms with E-state index in [4.69, 9.17) is 5.11 Å². The van der Waals surface area contributed by atoms with Crippen molar-refractivity contribution >= 4 is 17.6 Å². The summed E-state index contributed by atoms with van der Waals surface area (Å²) in [6.07, 6.45) is 2.44. The van der Waals surface area contributed by atoms with Crippen molar-refractivity contribution < 1.29 is 19.6 Å². The number of aryl methyl sites for hydroxylation is 1. The van der Waals surface area contributed by atoms with Crippen LogP contribution in [0.5, 0.6) is 0 Å². The monoisotopic (exact) mass is 281 g/mol. The first kappa shape index (κ1) is 14.0. The molecular weight excluding hydrogens is 266 g/mol. The van der Waals surface area contributed by atoms with Crippen molar-refractivity contribution in [3.8, 4) is 0 Å². The van der Waals surface area contributed by atoms with E-state index in [0.717, 1.165) is 0 Å². The van der Waals surface area contributed by atoms with Crippen LogP contribution in [-0.2, 0) is 11.8 Å². The molecule has 0 aromatic carbocycles. The van der Waals surface area contributed by atoms with Crippen molar-refractivity contribution in [1.82, 2.24) is 9.47 Å². The molecule has 0 radical (unpaired) electrons. The maximum atomic E-state index is 12.3. The number of carboxylic acid groups (broad SMARTS) is 1. The summed E-state index contributed by atoms with van der Waals surface area (Å²) in [7, 11) is 1.55. The maximum absolute atomic E-state index is 12.3. The Balaban J connectivity index is 2.18. The molecule has 0 aliphatic carbocycles. The molecule has 1 saturated heterocycles. The Bertz CT molecular complexity index is 565.